The average molecular weight is 351 g/mol. The van der Waals surface area contributed by atoms with Gasteiger partial charge in [0.15, 0.2) is 0 Å². The number of aryl methyl sites for hydroxylation is 1. The van der Waals surface area contributed by atoms with Gasteiger partial charge in [-0.05, 0) is 44.0 Å². The number of pyridine rings is 2. The van der Waals surface area contributed by atoms with Crippen LogP contribution in [0.15, 0.2) is 35.3 Å². The molecule has 0 spiro atoms. The van der Waals surface area contributed by atoms with E-state index in [9.17, 15) is 9.59 Å². The molecule has 26 heavy (non-hydrogen) atoms. The van der Waals surface area contributed by atoms with Crippen LogP contribution in [0.25, 0.3) is 0 Å². The van der Waals surface area contributed by atoms with Gasteiger partial charge in [-0.25, -0.2) is 4.98 Å². The number of anilines is 2. The molecule has 1 aliphatic rings. The quantitative estimate of drug-likeness (QED) is 0.911. The maximum absolute atomic E-state index is 12.5. The Labute approximate surface area is 151 Å². The molecule has 7 heteroatoms. The van der Waals surface area contributed by atoms with E-state index in [1.165, 1.54) is 4.57 Å². The van der Waals surface area contributed by atoms with Crippen LogP contribution in [0.1, 0.15) is 24.1 Å². The van der Waals surface area contributed by atoms with Crippen molar-refractivity contribution in [2.24, 2.45) is 13.0 Å². The van der Waals surface area contributed by atoms with Crippen molar-refractivity contribution in [3.63, 3.8) is 0 Å². The Bertz CT molecular complexity index is 903. The minimum atomic E-state index is -0.197. The molecule has 0 aliphatic carbocycles. The smallest absolute Gasteiger partial charge is 0.274 e. The summed E-state index contributed by atoms with van der Waals surface area (Å²) in [6, 6.07) is 9.10. The number of rotatable bonds is 3. The maximum Gasteiger partial charge on any atom is 0.274 e. The van der Waals surface area contributed by atoms with E-state index in [1.807, 2.05) is 19.1 Å². The molecule has 1 N–H and O–H groups in total. The van der Waals surface area contributed by atoms with Gasteiger partial charge in [-0.3, -0.25) is 9.59 Å². The van der Waals surface area contributed by atoms with Crippen molar-refractivity contribution in [2.45, 2.75) is 19.8 Å². The fraction of sp³-hybridized carbons (Fsp3) is 0.368. The molecular weight excluding hydrogens is 330 g/mol. The molecule has 3 heterocycles. The Morgan fingerprint density at radius 2 is 2.00 bits per heavy atom. The molecule has 0 unspecified atom stereocenters. The summed E-state index contributed by atoms with van der Waals surface area (Å²) in [6.45, 7) is 3.27. The normalized spacial score (nSPS) is 14.7. The third-order valence-electron chi connectivity index (χ3n) is 4.88. The zero-order valence-electron chi connectivity index (χ0n) is 14.9. The van der Waals surface area contributed by atoms with E-state index >= 15 is 0 Å². The third-order valence-corrected chi connectivity index (χ3v) is 4.88. The maximum atomic E-state index is 12.5. The number of amides is 1. The highest BCUT2D eigenvalue weighted by Crippen LogP contribution is 2.23. The lowest BCUT2D eigenvalue weighted by Crippen LogP contribution is -2.39. The second-order valence-electron chi connectivity index (χ2n) is 6.52. The summed E-state index contributed by atoms with van der Waals surface area (Å²) in [7, 11) is 1.69. The summed E-state index contributed by atoms with van der Waals surface area (Å²) in [5.41, 5.74) is 1.50. The van der Waals surface area contributed by atoms with Gasteiger partial charge in [-0.2, -0.15) is 5.26 Å². The van der Waals surface area contributed by atoms with Crippen LogP contribution in [0.5, 0.6) is 0 Å². The van der Waals surface area contributed by atoms with Gasteiger partial charge in [0.2, 0.25) is 5.91 Å². The first-order valence-corrected chi connectivity index (χ1v) is 8.58. The van der Waals surface area contributed by atoms with Crippen LogP contribution in [-0.2, 0) is 11.8 Å². The number of carbonyl (C=O) groups is 1. The summed E-state index contributed by atoms with van der Waals surface area (Å²) < 4.78 is 1.52. The Morgan fingerprint density at radius 3 is 2.62 bits per heavy atom. The van der Waals surface area contributed by atoms with Crippen molar-refractivity contribution in [1.82, 2.24) is 9.55 Å². The second kappa shape index (κ2) is 7.40. The predicted molar refractivity (Wildman–Crippen MR) is 98.9 cm³/mol. The Kier molecular flexibility index (Phi) is 5.03. The summed E-state index contributed by atoms with van der Waals surface area (Å²) in [5, 5.41) is 11.6. The van der Waals surface area contributed by atoms with E-state index in [-0.39, 0.29) is 17.4 Å². The minimum absolute atomic E-state index is 0.113. The highest BCUT2D eigenvalue weighted by atomic mass is 16.2. The van der Waals surface area contributed by atoms with Crippen molar-refractivity contribution in [3.8, 4) is 6.07 Å². The van der Waals surface area contributed by atoms with Gasteiger partial charge < -0.3 is 14.8 Å². The van der Waals surface area contributed by atoms with Crippen LogP contribution in [-0.4, -0.2) is 28.5 Å². The van der Waals surface area contributed by atoms with Crippen LogP contribution in [0.3, 0.4) is 0 Å². The van der Waals surface area contributed by atoms with Gasteiger partial charge in [0, 0.05) is 37.9 Å². The first-order chi connectivity index (χ1) is 12.5. The summed E-state index contributed by atoms with van der Waals surface area (Å²) in [4.78, 5) is 31.1. The number of hydrogen-bond acceptors (Lipinski definition) is 5. The zero-order chi connectivity index (χ0) is 18.7. The van der Waals surface area contributed by atoms with Gasteiger partial charge in [-0.1, -0.05) is 0 Å². The molecule has 2 aromatic heterocycles. The molecule has 2 aromatic rings. The first-order valence-electron chi connectivity index (χ1n) is 8.58. The molecule has 0 aromatic carbocycles. The first kappa shape index (κ1) is 17.7. The molecule has 7 nitrogen and oxygen atoms in total. The Morgan fingerprint density at radius 1 is 1.27 bits per heavy atom. The van der Waals surface area contributed by atoms with Crippen molar-refractivity contribution >= 4 is 17.4 Å². The van der Waals surface area contributed by atoms with Gasteiger partial charge in [0.1, 0.15) is 17.6 Å². The fourth-order valence-corrected chi connectivity index (χ4v) is 3.07. The molecule has 1 saturated heterocycles. The number of aromatic nitrogens is 2. The summed E-state index contributed by atoms with van der Waals surface area (Å²) in [5.74, 6) is 0.573. The lowest BCUT2D eigenvalue weighted by molar-refractivity contribution is -0.120. The van der Waals surface area contributed by atoms with E-state index in [2.05, 4.69) is 21.3 Å². The molecule has 0 atom stereocenters. The number of nitrogens with one attached hydrogen (secondary N) is 1. The molecular formula is C19H21N5O2. The van der Waals surface area contributed by atoms with Crippen LogP contribution in [0, 0.1) is 24.2 Å². The molecule has 0 radical (unpaired) electrons. The number of nitrogens with zero attached hydrogens (tertiary/aromatic N) is 4. The molecule has 1 aliphatic heterocycles. The average Bonchev–Trinajstić information content (AvgIpc) is 2.68. The van der Waals surface area contributed by atoms with Gasteiger partial charge in [0.25, 0.3) is 5.56 Å². The van der Waals surface area contributed by atoms with Gasteiger partial charge in [-0.15, -0.1) is 0 Å². The largest absolute Gasteiger partial charge is 0.357 e. The van der Waals surface area contributed by atoms with E-state index in [1.54, 1.807) is 25.4 Å². The molecule has 1 amide bonds. The molecule has 0 bridgehead atoms. The lowest BCUT2D eigenvalue weighted by atomic mass is 9.96. The SMILES string of the molecule is Cc1ccc(NC(=O)C2CCN(c3ccc(C#N)cn3)CC2)c(=O)n1C. The molecule has 134 valence electrons. The van der Waals surface area contributed by atoms with Crippen LogP contribution < -0.4 is 15.8 Å². The molecule has 3 rings (SSSR count). The Hall–Kier alpha value is -3.14. The highest BCUT2D eigenvalue weighted by molar-refractivity contribution is 5.92. The molecule has 1 fully saturated rings. The summed E-state index contributed by atoms with van der Waals surface area (Å²) in [6.07, 6.45) is 2.95. The van der Waals surface area contributed by atoms with Gasteiger partial charge >= 0.3 is 0 Å². The number of hydrogen-bond donors (Lipinski definition) is 1. The van der Waals surface area contributed by atoms with Crippen molar-refractivity contribution in [3.05, 3.63) is 52.1 Å². The monoisotopic (exact) mass is 351 g/mol. The van der Waals surface area contributed by atoms with Crippen molar-refractivity contribution in [2.75, 3.05) is 23.3 Å². The van der Waals surface area contributed by atoms with E-state index in [4.69, 9.17) is 5.26 Å². The number of nitriles is 1. The van der Waals surface area contributed by atoms with Crippen LogP contribution in [0.4, 0.5) is 11.5 Å². The third kappa shape index (κ3) is 3.59. The zero-order valence-corrected chi connectivity index (χ0v) is 14.9. The standard InChI is InChI=1S/C19H21N5O2/c1-13-3-5-16(19(26)23(13)2)22-18(25)15-7-9-24(10-8-15)17-6-4-14(11-20)12-21-17/h3-6,12,15H,7-10H2,1-2H3,(H,22,25). The van der Waals surface area contributed by atoms with E-state index in [0.717, 1.165) is 11.5 Å². The van der Waals surface area contributed by atoms with Crippen molar-refractivity contribution in [1.29, 1.82) is 5.26 Å². The number of piperidine rings is 1. The van der Waals surface area contributed by atoms with E-state index < -0.39 is 0 Å². The van der Waals surface area contributed by atoms with E-state index in [0.29, 0.717) is 37.2 Å². The lowest BCUT2D eigenvalue weighted by Gasteiger charge is -2.32. The topological polar surface area (TPSA) is 91.0 Å². The predicted octanol–water partition coefficient (Wildman–Crippen LogP) is 1.82. The highest BCUT2D eigenvalue weighted by Gasteiger charge is 2.26. The summed E-state index contributed by atoms with van der Waals surface area (Å²) >= 11 is 0. The fourth-order valence-electron chi connectivity index (χ4n) is 3.07. The second-order valence-corrected chi connectivity index (χ2v) is 6.52. The van der Waals surface area contributed by atoms with Crippen LogP contribution >= 0.6 is 0 Å². The van der Waals surface area contributed by atoms with Crippen molar-refractivity contribution < 1.29 is 4.79 Å². The minimum Gasteiger partial charge on any atom is -0.357 e. The number of carbonyl (C=O) groups excluding carboxylic acids is 1. The van der Waals surface area contributed by atoms with Gasteiger partial charge in [0.05, 0.1) is 5.56 Å². The Balaban J connectivity index is 1.61. The van der Waals surface area contributed by atoms with Crippen LogP contribution in [0.2, 0.25) is 0 Å². The molecule has 0 saturated carbocycles.